The molecule has 1 aliphatic heterocycles. The highest BCUT2D eigenvalue weighted by atomic mass is 16.5. The van der Waals surface area contributed by atoms with E-state index in [1.54, 1.807) is 18.2 Å². The van der Waals surface area contributed by atoms with Gasteiger partial charge < -0.3 is 19.7 Å². The highest BCUT2D eigenvalue weighted by Crippen LogP contribution is 2.27. The Morgan fingerprint density at radius 1 is 0.848 bits per heavy atom. The fourth-order valence-electron chi connectivity index (χ4n) is 3.85. The van der Waals surface area contributed by atoms with Crippen LogP contribution in [0.5, 0.6) is 11.5 Å². The SMILES string of the molecule is Cc1c(NC(=O)COc2ccccc2OCc2ccccc2)cccc1C(=O)N1CCCC1. The van der Waals surface area contributed by atoms with Crippen molar-refractivity contribution in [1.82, 2.24) is 4.90 Å². The van der Waals surface area contributed by atoms with Crippen LogP contribution in [0.2, 0.25) is 0 Å². The van der Waals surface area contributed by atoms with Crippen molar-refractivity contribution in [1.29, 1.82) is 0 Å². The zero-order valence-electron chi connectivity index (χ0n) is 18.8. The van der Waals surface area contributed by atoms with Crippen molar-refractivity contribution in [2.24, 2.45) is 0 Å². The molecule has 0 unspecified atom stereocenters. The summed E-state index contributed by atoms with van der Waals surface area (Å²) in [7, 11) is 0. The molecule has 6 nitrogen and oxygen atoms in total. The lowest BCUT2D eigenvalue weighted by Gasteiger charge is -2.18. The van der Waals surface area contributed by atoms with Crippen LogP contribution in [-0.4, -0.2) is 36.4 Å². The van der Waals surface area contributed by atoms with E-state index in [9.17, 15) is 9.59 Å². The lowest BCUT2D eigenvalue weighted by atomic mass is 10.1. The number of para-hydroxylation sites is 2. The zero-order chi connectivity index (χ0) is 23.0. The number of amides is 2. The molecule has 3 aromatic rings. The molecular weight excluding hydrogens is 416 g/mol. The Kier molecular flexibility index (Phi) is 7.25. The molecule has 0 aliphatic carbocycles. The van der Waals surface area contributed by atoms with E-state index in [1.807, 2.05) is 66.4 Å². The second-order valence-electron chi connectivity index (χ2n) is 8.04. The van der Waals surface area contributed by atoms with Crippen LogP contribution in [0.25, 0.3) is 0 Å². The summed E-state index contributed by atoms with van der Waals surface area (Å²) < 4.78 is 11.6. The molecule has 33 heavy (non-hydrogen) atoms. The van der Waals surface area contributed by atoms with Gasteiger partial charge in [-0.1, -0.05) is 48.5 Å². The van der Waals surface area contributed by atoms with E-state index in [0.717, 1.165) is 37.1 Å². The molecular formula is C27H28N2O4. The van der Waals surface area contributed by atoms with Gasteiger partial charge in [0.2, 0.25) is 0 Å². The summed E-state index contributed by atoms with van der Waals surface area (Å²) in [5, 5.41) is 2.87. The average molecular weight is 445 g/mol. The third kappa shape index (κ3) is 5.71. The number of anilines is 1. The number of nitrogens with zero attached hydrogens (tertiary/aromatic N) is 1. The number of hydrogen-bond donors (Lipinski definition) is 1. The molecule has 1 fully saturated rings. The molecule has 6 heteroatoms. The highest BCUT2D eigenvalue weighted by Gasteiger charge is 2.22. The van der Waals surface area contributed by atoms with E-state index in [0.29, 0.717) is 29.4 Å². The molecule has 0 radical (unpaired) electrons. The van der Waals surface area contributed by atoms with Crippen LogP contribution in [0.15, 0.2) is 72.8 Å². The summed E-state index contributed by atoms with van der Waals surface area (Å²) in [5.41, 5.74) is 3.04. The molecule has 0 saturated carbocycles. The van der Waals surface area contributed by atoms with Crippen LogP contribution in [0.3, 0.4) is 0 Å². The smallest absolute Gasteiger partial charge is 0.262 e. The van der Waals surface area contributed by atoms with Gasteiger partial charge >= 0.3 is 0 Å². The molecule has 2 amide bonds. The number of ether oxygens (including phenoxy) is 2. The predicted octanol–water partition coefficient (Wildman–Crippen LogP) is 4.83. The van der Waals surface area contributed by atoms with Crippen LogP contribution in [-0.2, 0) is 11.4 Å². The summed E-state index contributed by atoms with van der Waals surface area (Å²) in [5.74, 6) is 0.783. The number of benzene rings is 3. The quantitative estimate of drug-likeness (QED) is 0.541. The predicted molar refractivity (Wildman–Crippen MR) is 128 cm³/mol. The van der Waals surface area contributed by atoms with Crippen molar-refractivity contribution in [2.45, 2.75) is 26.4 Å². The minimum absolute atomic E-state index is 0.0156. The molecule has 1 N–H and O–H groups in total. The Balaban J connectivity index is 1.36. The molecule has 0 aromatic heterocycles. The maximum absolute atomic E-state index is 12.8. The monoisotopic (exact) mass is 444 g/mol. The van der Waals surface area contributed by atoms with Gasteiger partial charge in [0.25, 0.3) is 11.8 Å². The van der Waals surface area contributed by atoms with E-state index in [-0.39, 0.29) is 18.4 Å². The van der Waals surface area contributed by atoms with Crippen LogP contribution in [0, 0.1) is 6.92 Å². The van der Waals surface area contributed by atoms with Crippen LogP contribution in [0.1, 0.15) is 34.3 Å². The van der Waals surface area contributed by atoms with Gasteiger partial charge in [-0.3, -0.25) is 9.59 Å². The minimum Gasteiger partial charge on any atom is -0.485 e. The average Bonchev–Trinajstić information content (AvgIpc) is 3.39. The maximum atomic E-state index is 12.8. The number of rotatable bonds is 8. The number of likely N-dealkylation sites (tertiary alicyclic amines) is 1. The van der Waals surface area contributed by atoms with E-state index in [4.69, 9.17) is 9.47 Å². The third-order valence-corrected chi connectivity index (χ3v) is 5.68. The Bertz CT molecular complexity index is 1110. The third-order valence-electron chi connectivity index (χ3n) is 5.68. The summed E-state index contributed by atoms with van der Waals surface area (Å²) in [6, 6.07) is 22.5. The first-order chi connectivity index (χ1) is 16.1. The molecule has 0 atom stereocenters. The maximum Gasteiger partial charge on any atom is 0.262 e. The summed E-state index contributed by atoms with van der Waals surface area (Å²) in [4.78, 5) is 27.3. The first-order valence-corrected chi connectivity index (χ1v) is 11.2. The molecule has 170 valence electrons. The van der Waals surface area contributed by atoms with Crippen LogP contribution < -0.4 is 14.8 Å². The lowest BCUT2D eigenvalue weighted by Crippen LogP contribution is -2.28. The van der Waals surface area contributed by atoms with Gasteiger partial charge in [-0.2, -0.15) is 0 Å². The van der Waals surface area contributed by atoms with E-state index < -0.39 is 0 Å². The first kappa shape index (κ1) is 22.4. The number of nitrogens with one attached hydrogen (secondary N) is 1. The molecule has 1 saturated heterocycles. The molecule has 3 aromatic carbocycles. The molecule has 0 bridgehead atoms. The second-order valence-corrected chi connectivity index (χ2v) is 8.04. The standard InChI is InChI=1S/C27H28N2O4/c1-20-22(27(31)29-16-7-8-17-29)12-9-13-23(20)28-26(30)19-33-25-15-6-5-14-24(25)32-18-21-10-3-2-4-11-21/h2-6,9-15H,7-8,16-19H2,1H3,(H,28,30). The molecule has 0 spiro atoms. The largest absolute Gasteiger partial charge is 0.485 e. The van der Waals surface area contributed by atoms with Gasteiger partial charge in [-0.15, -0.1) is 0 Å². The normalized spacial score (nSPS) is 12.9. The Morgan fingerprint density at radius 2 is 1.52 bits per heavy atom. The van der Waals surface area contributed by atoms with Gasteiger partial charge in [0.05, 0.1) is 0 Å². The summed E-state index contributed by atoms with van der Waals surface area (Å²) in [6.07, 6.45) is 2.07. The molecule has 4 rings (SSSR count). The molecule has 1 heterocycles. The Morgan fingerprint density at radius 3 is 2.24 bits per heavy atom. The fourth-order valence-corrected chi connectivity index (χ4v) is 3.85. The van der Waals surface area contributed by atoms with Crippen molar-refractivity contribution in [3.05, 3.63) is 89.5 Å². The van der Waals surface area contributed by atoms with Crippen molar-refractivity contribution in [2.75, 3.05) is 25.0 Å². The van der Waals surface area contributed by atoms with Crippen LogP contribution in [0.4, 0.5) is 5.69 Å². The summed E-state index contributed by atoms with van der Waals surface area (Å²) >= 11 is 0. The van der Waals surface area contributed by atoms with Crippen molar-refractivity contribution < 1.29 is 19.1 Å². The van der Waals surface area contributed by atoms with E-state index in [2.05, 4.69) is 5.32 Å². The first-order valence-electron chi connectivity index (χ1n) is 11.2. The number of hydrogen-bond acceptors (Lipinski definition) is 4. The van der Waals surface area contributed by atoms with E-state index in [1.165, 1.54) is 0 Å². The van der Waals surface area contributed by atoms with Gasteiger partial charge in [-0.25, -0.2) is 0 Å². The lowest BCUT2D eigenvalue weighted by molar-refractivity contribution is -0.118. The van der Waals surface area contributed by atoms with Gasteiger partial charge in [-0.05, 0) is 55.2 Å². The molecule has 1 aliphatic rings. The van der Waals surface area contributed by atoms with Gasteiger partial charge in [0.1, 0.15) is 6.61 Å². The van der Waals surface area contributed by atoms with Crippen LogP contribution >= 0.6 is 0 Å². The second kappa shape index (κ2) is 10.7. The minimum atomic E-state index is -0.304. The van der Waals surface area contributed by atoms with Gasteiger partial charge in [0.15, 0.2) is 18.1 Å². The Hall–Kier alpha value is -3.80. The zero-order valence-corrected chi connectivity index (χ0v) is 18.8. The van der Waals surface area contributed by atoms with Crippen molar-refractivity contribution >= 4 is 17.5 Å². The topological polar surface area (TPSA) is 67.9 Å². The highest BCUT2D eigenvalue weighted by molar-refractivity contribution is 5.99. The fraction of sp³-hybridized carbons (Fsp3) is 0.259. The number of carbonyl (C=O) groups is 2. The van der Waals surface area contributed by atoms with E-state index >= 15 is 0 Å². The van der Waals surface area contributed by atoms with Crippen molar-refractivity contribution in [3.63, 3.8) is 0 Å². The summed E-state index contributed by atoms with van der Waals surface area (Å²) in [6.45, 7) is 3.66. The van der Waals surface area contributed by atoms with Gasteiger partial charge in [0, 0.05) is 24.3 Å². The van der Waals surface area contributed by atoms with Crippen molar-refractivity contribution in [3.8, 4) is 11.5 Å². The number of carbonyl (C=O) groups excluding carboxylic acids is 2. The Labute approximate surface area is 194 Å².